The third-order valence-corrected chi connectivity index (χ3v) is 1.56. The van der Waals surface area contributed by atoms with E-state index < -0.39 is 17.9 Å². The van der Waals surface area contributed by atoms with Gasteiger partial charge in [-0.05, 0) is 19.8 Å². The lowest BCUT2D eigenvalue weighted by Gasteiger charge is -2.07. The van der Waals surface area contributed by atoms with E-state index >= 15 is 0 Å². The van der Waals surface area contributed by atoms with Crippen LogP contribution in [-0.2, 0) is 14.3 Å². The van der Waals surface area contributed by atoms with Gasteiger partial charge >= 0.3 is 5.97 Å². The number of ether oxygens (including phenoxy) is 1. The fourth-order valence-electron chi connectivity index (χ4n) is 0.868. The van der Waals surface area contributed by atoms with Crippen molar-refractivity contribution in [2.75, 3.05) is 6.61 Å². The number of Topliss-reactive ketones (excluding diaryl/α,β-unsaturated/α-hetero) is 1. The van der Waals surface area contributed by atoms with Crippen LogP contribution in [-0.4, -0.2) is 29.6 Å². The molecule has 0 aromatic heterocycles. The van der Waals surface area contributed by atoms with E-state index in [1.165, 1.54) is 6.07 Å². The molecule has 0 aromatic rings. The van der Waals surface area contributed by atoms with Gasteiger partial charge in [0, 0.05) is 6.42 Å². The summed E-state index contributed by atoms with van der Waals surface area (Å²) in [4.78, 5) is 21.4. The zero-order valence-corrected chi connectivity index (χ0v) is 8.02. The van der Waals surface area contributed by atoms with E-state index in [2.05, 4.69) is 4.74 Å². The molecule has 5 heteroatoms. The Morgan fingerprint density at radius 2 is 2.21 bits per heavy atom. The van der Waals surface area contributed by atoms with Crippen LogP contribution in [0.1, 0.15) is 26.2 Å². The Kier molecular flexibility index (Phi) is 6.33. The molecule has 0 bridgehead atoms. The molecular weight excluding hydrogens is 186 g/mol. The summed E-state index contributed by atoms with van der Waals surface area (Å²) in [6.45, 7) is 1.86. The van der Waals surface area contributed by atoms with E-state index in [0.717, 1.165) is 0 Å². The highest BCUT2D eigenvalue weighted by molar-refractivity contribution is 5.93. The van der Waals surface area contributed by atoms with Crippen LogP contribution in [0.3, 0.4) is 0 Å². The van der Waals surface area contributed by atoms with Gasteiger partial charge in [-0.25, -0.2) is 4.79 Å². The second-order valence-electron chi connectivity index (χ2n) is 2.70. The number of aliphatic hydroxyl groups is 1. The van der Waals surface area contributed by atoms with Crippen molar-refractivity contribution in [3.05, 3.63) is 0 Å². The molecule has 0 heterocycles. The molecule has 0 saturated heterocycles. The van der Waals surface area contributed by atoms with Gasteiger partial charge in [-0.2, -0.15) is 5.26 Å². The fourth-order valence-corrected chi connectivity index (χ4v) is 0.868. The van der Waals surface area contributed by atoms with E-state index in [9.17, 15) is 9.59 Å². The largest absolute Gasteiger partial charge is 0.464 e. The van der Waals surface area contributed by atoms with E-state index in [4.69, 9.17) is 10.4 Å². The summed E-state index contributed by atoms with van der Waals surface area (Å²) in [5, 5.41) is 17.3. The highest BCUT2D eigenvalue weighted by Crippen LogP contribution is 2.03. The molecule has 0 saturated carbocycles. The summed E-state index contributed by atoms with van der Waals surface area (Å²) in [5.74, 6) is -1.22. The molecule has 78 valence electrons. The van der Waals surface area contributed by atoms with Crippen LogP contribution >= 0.6 is 0 Å². The van der Waals surface area contributed by atoms with Crippen molar-refractivity contribution in [2.24, 2.45) is 0 Å². The number of nitrogens with zero attached hydrogens (tertiary/aromatic N) is 1. The van der Waals surface area contributed by atoms with Gasteiger partial charge in [0.1, 0.15) is 6.07 Å². The summed E-state index contributed by atoms with van der Waals surface area (Å²) in [5.41, 5.74) is 0. The molecule has 0 aromatic carbocycles. The lowest BCUT2D eigenvalue weighted by atomic mass is 10.1. The Bertz CT molecular complexity index is 244. The van der Waals surface area contributed by atoms with Crippen LogP contribution in [0.25, 0.3) is 0 Å². The van der Waals surface area contributed by atoms with Crippen molar-refractivity contribution in [3.63, 3.8) is 0 Å². The van der Waals surface area contributed by atoms with Gasteiger partial charge in [0.25, 0.3) is 0 Å². The SMILES string of the molecule is CCOC(=O)C(O)CCCC(=O)C#N. The number of hydrogen-bond acceptors (Lipinski definition) is 5. The van der Waals surface area contributed by atoms with Crippen LogP contribution in [0.5, 0.6) is 0 Å². The maximum absolute atomic E-state index is 10.9. The van der Waals surface area contributed by atoms with E-state index in [1.807, 2.05) is 0 Å². The van der Waals surface area contributed by atoms with Crippen LogP contribution in [0.2, 0.25) is 0 Å². The smallest absolute Gasteiger partial charge is 0.334 e. The standard InChI is InChI=1S/C9H13NO4/c1-2-14-9(13)8(12)5-3-4-7(11)6-10/h8,12H,2-5H2,1H3. The van der Waals surface area contributed by atoms with Crippen molar-refractivity contribution in [1.29, 1.82) is 5.26 Å². The third-order valence-electron chi connectivity index (χ3n) is 1.56. The van der Waals surface area contributed by atoms with E-state index in [0.29, 0.717) is 6.42 Å². The summed E-state index contributed by atoms with van der Waals surface area (Å²) < 4.78 is 4.55. The summed E-state index contributed by atoms with van der Waals surface area (Å²) in [6.07, 6.45) is -0.674. The van der Waals surface area contributed by atoms with Gasteiger partial charge < -0.3 is 9.84 Å². The van der Waals surface area contributed by atoms with Crippen molar-refractivity contribution < 1.29 is 19.4 Å². The predicted molar refractivity (Wildman–Crippen MR) is 47.1 cm³/mol. The maximum atomic E-state index is 10.9. The van der Waals surface area contributed by atoms with Crippen LogP contribution in [0, 0.1) is 11.3 Å². The number of aliphatic hydroxyl groups excluding tert-OH is 1. The van der Waals surface area contributed by atoms with E-state index in [-0.39, 0.29) is 19.4 Å². The van der Waals surface area contributed by atoms with Crippen LogP contribution in [0.4, 0.5) is 0 Å². The van der Waals surface area contributed by atoms with Crippen molar-refractivity contribution in [1.82, 2.24) is 0 Å². The molecule has 5 nitrogen and oxygen atoms in total. The Morgan fingerprint density at radius 3 is 2.71 bits per heavy atom. The van der Waals surface area contributed by atoms with Crippen molar-refractivity contribution >= 4 is 11.8 Å². The molecule has 0 spiro atoms. The number of nitriles is 1. The minimum absolute atomic E-state index is 0.0625. The first-order valence-corrected chi connectivity index (χ1v) is 4.39. The maximum Gasteiger partial charge on any atom is 0.334 e. The molecule has 0 aliphatic rings. The molecule has 0 amide bonds. The van der Waals surface area contributed by atoms with Crippen molar-refractivity contribution in [3.8, 4) is 6.07 Å². The first kappa shape index (κ1) is 12.6. The summed E-state index contributed by atoms with van der Waals surface area (Å²) in [7, 11) is 0. The molecule has 1 unspecified atom stereocenters. The van der Waals surface area contributed by atoms with Crippen molar-refractivity contribution in [2.45, 2.75) is 32.3 Å². The second kappa shape index (κ2) is 7.04. The summed E-state index contributed by atoms with van der Waals surface area (Å²) >= 11 is 0. The average molecular weight is 199 g/mol. The lowest BCUT2D eigenvalue weighted by molar-refractivity contribution is -0.153. The third kappa shape index (κ3) is 5.27. The fraction of sp³-hybridized carbons (Fsp3) is 0.667. The second-order valence-corrected chi connectivity index (χ2v) is 2.70. The topological polar surface area (TPSA) is 87.4 Å². The van der Waals surface area contributed by atoms with Gasteiger partial charge in [-0.15, -0.1) is 0 Å². The first-order valence-electron chi connectivity index (χ1n) is 4.39. The number of carbonyl (C=O) groups is 2. The van der Waals surface area contributed by atoms with Gasteiger partial charge in [-0.3, -0.25) is 4.79 Å². The summed E-state index contributed by atoms with van der Waals surface area (Å²) in [6, 6.07) is 1.46. The highest BCUT2D eigenvalue weighted by Gasteiger charge is 2.15. The predicted octanol–water partition coefficient (Wildman–Crippen LogP) is 0.173. The molecular formula is C9H13NO4. The monoisotopic (exact) mass is 199 g/mol. The average Bonchev–Trinajstić information content (AvgIpc) is 2.17. The molecule has 0 aliphatic heterocycles. The minimum Gasteiger partial charge on any atom is -0.464 e. The number of rotatable bonds is 6. The number of ketones is 1. The minimum atomic E-state index is -1.19. The Morgan fingerprint density at radius 1 is 1.57 bits per heavy atom. The Balaban J connectivity index is 3.64. The first-order chi connectivity index (χ1) is 6.61. The number of hydrogen-bond donors (Lipinski definition) is 1. The zero-order valence-electron chi connectivity index (χ0n) is 8.02. The number of esters is 1. The molecule has 1 N–H and O–H groups in total. The zero-order chi connectivity index (χ0) is 11.0. The van der Waals surface area contributed by atoms with Crippen LogP contribution in [0.15, 0.2) is 0 Å². The highest BCUT2D eigenvalue weighted by atomic mass is 16.5. The molecule has 0 fully saturated rings. The normalized spacial score (nSPS) is 11.5. The molecule has 0 rings (SSSR count). The molecule has 0 radical (unpaired) electrons. The number of carbonyl (C=O) groups excluding carboxylic acids is 2. The van der Waals surface area contributed by atoms with Gasteiger partial charge in [0.15, 0.2) is 6.10 Å². The van der Waals surface area contributed by atoms with Gasteiger partial charge in [0.05, 0.1) is 6.61 Å². The van der Waals surface area contributed by atoms with E-state index in [1.54, 1.807) is 6.92 Å². The lowest BCUT2D eigenvalue weighted by Crippen LogP contribution is -2.23. The molecule has 14 heavy (non-hydrogen) atoms. The Hall–Kier alpha value is -1.41. The molecule has 1 atom stereocenters. The Labute approximate surface area is 82.3 Å². The van der Waals surface area contributed by atoms with Crippen LogP contribution < -0.4 is 0 Å². The quantitative estimate of drug-likeness (QED) is 0.486. The molecule has 0 aliphatic carbocycles. The van der Waals surface area contributed by atoms with Gasteiger partial charge in [-0.1, -0.05) is 0 Å². The van der Waals surface area contributed by atoms with Gasteiger partial charge in [0.2, 0.25) is 5.78 Å².